The Morgan fingerprint density at radius 2 is 2.45 bits per heavy atom. The number of carbonyl (C=O) groups is 1. The van der Waals surface area contributed by atoms with Crippen LogP contribution in [0.1, 0.15) is 0 Å². The molecule has 1 aliphatic rings. The van der Waals surface area contributed by atoms with Crippen LogP contribution in [-0.2, 0) is 9.63 Å². The fourth-order valence-electron chi connectivity index (χ4n) is 0.784. The number of carbonyl (C=O) groups excluding carboxylic acids is 1. The highest BCUT2D eigenvalue weighted by molar-refractivity contribution is 6.26. The lowest BCUT2D eigenvalue weighted by atomic mass is 10.2. The normalized spacial score (nSPS) is 18.5. The molecule has 4 nitrogen and oxygen atoms in total. The summed E-state index contributed by atoms with van der Waals surface area (Å²) in [5.74, 6) is -0.305. The molecule has 1 fully saturated rings. The van der Waals surface area contributed by atoms with Crippen molar-refractivity contribution in [3.05, 3.63) is 0 Å². The van der Waals surface area contributed by atoms with Crippen LogP contribution in [0.5, 0.6) is 0 Å². The molecule has 0 aromatic carbocycles. The lowest BCUT2D eigenvalue weighted by Gasteiger charge is -2.32. The minimum atomic E-state index is -0.866. The van der Waals surface area contributed by atoms with Crippen LogP contribution in [0.15, 0.2) is 5.16 Å². The van der Waals surface area contributed by atoms with E-state index in [1.165, 1.54) is 12.0 Å². The van der Waals surface area contributed by atoms with Crippen LogP contribution >= 0.6 is 0 Å². The fourth-order valence-corrected chi connectivity index (χ4v) is 0.784. The van der Waals surface area contributed by atoms with E-state index >= 15 is 0 Å². The molecule has 0 aromatic heterocycles. The zero-order chi connectivity index (χ0) is 8.27. The number of oxime groups is 1. The molecule has 1 aliphatic heterocycles. The largest absolute Gasteiger partial charge is 0.399 e. The molecule has 0 unspecified atom stereocenters. The van der Waals surface area contributed by atoms with Crippen LogP contribution in [0.3, 0.4) is 0 Å². The van der Waals surface area contributed by atoms with Crippen molar-refractivity contribution in [2.75, 3.05) is 20.2 Å². The summed E-state index contributed by atoms with van der Waals surface area (Å²) >= 11 is 0. The first-order chi connectivity index (χ1) is 5.24. The summed E-state index contributed by atoms with van der Waals surface area (Å²) in [6.45, 7) is 0.350. The molecular formula is C6H9FN2O2. The molecule has 62 valence electrons. The highest BCUT2D eigenvalue weighted by atomic mass is 19.1. The number of hydrogen-bond donors (Lipinski definition) is 0. The summed E-state index contributed by atoms with van der Waals surface area (Å²) in [7, 11) is 1.35. The molecule has 5 heteroatoms. The molecule has 0 spiro atoms. The topological polar surface area (TPSA) is 41.9 Å². The SMILES string of the molecule is CON=CC(=O)N1CC(F)C1. The predicted octanol–water partition coefficient (Wildman–Crippen LogP) is -0.201. The van der Waals surface area contributed by atoms with Gasteiger partial charge in [0.15, 0.2) is 0 Å². The number of alkyl halides is 1. The Balaban J connectivity index is 2.26. The molecule has 1 saturated heterocycles. The van der Waals surface area contributed by atoms with E-state index in [2.05, 4.69) is 9.99 Å². The number of hydrogen-bond acceptors (Lipinski definition) is 3. The maximum atomic E-state index is 12.2. The monoisotopic (exact) mass is 160 g/mol. The fraction of sp³-hybridized carbons (Fsp3) is 0.667. The maximum absolute atomic E-state index is 12.2. The first-order valence-electron chi connectivity index (χ1n) is 3.23. The van der Waals surface area contributed by atoms with Crippen LogP contribution in [0.4, 0.5) is 4.39 Å². The minimum Gasteiger partial charge on any atom is -0.399 e. The zero-order valence-corrected chi connectivity index (χ0v) is 6.16. The van der Waals surface area contributed by atoms with Crippen molar-refractivity contribution in [2.24, 2.45) is 5.16 Å². The molecule has 11 heavy (non-hydrogen) atoms. The molecule has 1 rings (SSSR count). The molecular weight excluding hydrogens is 151 g/mol. The van der Waals surface area contributed by atoms with E-state index in [0.29, 0.717) is 0 Å². The molecule has 1 heterocycles. The highest BCUT2D eigenvalue weighted by Crippen LogP contribution is 2.09. The van der Waals surface area contributed by atoms with Crippen LogP contribution in [0.2, 0.25) is 0 Å². The summed E-state index contributed by atoms with van der Waals surface area (Å²) in [5, 5.41) is 3.26. The van der Waals surface area contributed by atoms with Crippen molar-refractivity contribution in [3.8, 4) is 0 Å². The Hall–Kier alpha value is -1.13. The minimum absolute atomic E-state index is 0.175. The van der Waals surface area contributed by atoms with Crippen molar-refractivity contribution in [2.45, 2.75) is 6.17 Å². The Morgan fingerprint density at radius 1 is 1.82 bits per heavy atom. The van der Waals surface area contributed by atoms with Crippen LogP contribution < -0.4 is 0 Å². The van der Waals surface area contributed by atoms with Gasteiger partial charge in [-0.25, -0.2) is 4.39 Å². The molecule has 1 amide bonds. The third kappa shape index (κ3) is 1.89. The number of amides is 1. The van der Waals surface area contributed by atoms with E-state index in [1.807, 2.05) is 0 Å². The number of nitrogens with zero attached hydrogens (tertiary/aromatic N) is 2. The Morgan fingerprint density at radius 3 is 2.91 bits per heavy atom. The summed E-state index contributed by atoms with van der Waals surface area (Å²) < 4.78 is 12.2. The smallest absolute Gasteiger partial charge is 0.268 e. The van der Waals surface area contributed by atoms with E-state index in [-0.39, 0.29) is 19.0 Å². The van der Waals surface area contributed by atoms with E-state index in [1.54, 1.807) is 0 Å². The number of halogens is 1. The van der Waals surface area contributed by atoms with Gasteiger partial charge in [-0.2, -0.15) is 0 Å². The maximum Gasteiger partial charge on any atom is 0.268 e. The van der Waals surface area contributed by atoms with E-state index in [0.717, 1.165) is 6.21 Å². The van der Waals surface area contributed by atoms with Gasteiger partial charge >= 0.3 is 0 Å². The zero-order valence-electron chi connectivity index (χ0n) is 6.16. The summed E-state index contributed by atoms with van der Waals surface area (Å²) in [5.41, 5.74) is 0. The summed E-state index contributed by atoms with van der Waals surface area (Å²) in [4.78, 5) is 16.5. The van der Waals surface area contributed by atoms with Crippen LogP contribution in [-0.4, -0.2) is 43.4 Å². The molecule has 0 atom stereocenters. The Kier molecular flexibility index (Phi) is 2.40. The van der Waals surface area contributed by atoms with Crippen molar-refractivity contribution in [1.82, 2.24) is 4.90 Å². The second-order valence-corrected chi connectivity index (χ2v) is 2.26. The van der Waals surface area contributed by atoms with Gasteiger partial charge in [-0.05, 0) is 0 Å². The average molecular weight is 160 g/mol. The summed E-state index contributed by atoms with van der Waals surface area (Å²) in [6, 6.07) is 0. The highest BCUT2D eigenvalue weighted by Gasteiger charge is 2.29. The summed E-state index contributed by atoms with van der Waals surface area (Å²) in [6.07, 6.45) is 0.168. The first kappa shape index (κ1) is 7.97. The average Bonchev–Trinajstić information content (AvgIpc) is 1.94. The van der Waals surface area contributed by atoms with Crippen molar-refractivity contribution in [1.29, 1.82) is 0 Å². The van der Waals surface area contributed by atoms with Gasteiger partial charge in [0, 0.05) is 0 Å². The van der Waals surface area contributed by atoms with Gasteiger partial charge in [0.1, 0.15) is 19.5 Å². The van der Waals surface area contributed by atoms with Gasteiger partial charge < -0.3 is 9.74 Å². The first-order valence-corrected chi connectivity index (χ1v) is 3.23. The van der Waals surface area contributed by atoms with Crippen LogP contribution in [0, 0.1) is 0 Å². The molecule has 0 saturated carbocycles. The lowest BCUT2D eigenvalue weighted by molar-refractivity contribution is -0.130. The third-order valence-electron chi connectivity index (χ3n) is 1.42. The molecule has 0 N–H and O–H groups in total. The number of likely N-dealkylation sites (tertiary alicyclic amines) is 1. The van der Waals surface area contributed by atoms with Gasteiger partial charge in [0.25, 0.3) is 5.91 Å². The Labute approximate surface area is 63.6 Å². The van der Waals surface area contributed by atoms with Gasteiger partial charge in [-0.1, -0.05) is 5.16 Å². The van der Waals surface area contributed by atoms with Gasteiger partial charge in [0.2, 0.25) is 0 Å². The van der Waals surface area contributed by atoms with Crippen molar-refractivity contribution in [3.63, 3.8) is 0 Å². The standard InChI is InChI=1S/C6H9FN2O2/c1-11-8-2-6(10)9-3-5(7)4-9/h2,5H,3-4H2,1H3. The Bertz CT molecular complexity index is 177. The number of rotatable bonds is 2. The van der Waals surface area contributed by atoms with Gasteiger partial charge in [-0.15, -0.1) is 0 Å². The van der Waals surface area contributed by atoms with Crippen molar-refractivity contribution >= 4 is 12.1 Å². The second-order valence-electron chi connectivity index (χ2n) is 2.26. The molecule has 0 radical (unpaired) electrons. The van der Waals surface area contributed by atoms with E-state index in [9.17, 15) is 9.18 Å². The van der Waals surface area contributed by atoms with Gasteiger partial charge in [0.05, 0.1) is 13.1 Å². The predicted molar refractivity (Wildman–Crippen MR) is 37.0 cm³/mol. The van der Waals surface area contributed by atoms with E-state index in [4.69, 9.17) is 0 Å². The lowest BCUT2D eigenvalue weighted by Crippen LogP contribution is -2.51. The second kappa shape index (κ2) is 3.32. The molecule has 0 bridgehead atoms. The van der Waals surface area contributed by atoms with Crippen LogP contribution in [0.25, 0.3) is 0 Å². The molecule has 0 aromatic rings. The van der Waals surface area contributed by atoms with Gasteiger partial charge in [-0.3, -0.25) is 4.79 Å². The van der Waals surface area contributed by atoms with Crippen molar-refractivity contribution < 1.29 is 14.0 Å². The quantitative estimate of drug-likeness (QED) is 0.414. The van der Waals surface area contributed by atoms with E-state index < -0.39 is 6.17 Å². The molecule has 0 aliphatic carbocycles. The third-order valence-corrected chi connectivity index (χ3v) is 1.42.